The molecule has 0 saturated heterocycles. The smallest absolute Gasteiger partial charge is 0.407 e. The third-order valence-corrected chi connectivity index (χ3v) is 3.25. The number of ether oxygens (including phenoxy) is 1. The van der Waals surface area contributed by atoms with E-state index in [1.165, 1.54) is 12.8 Å². The summed E-state index contributed by atoms with van der Waals surface area (Å²) in [4.78, 5) is 11.8. The topological polar surface area (TPSA) is 50.4 Å². The highest BCUT2D eigenvalue weighted by atomic mass is 16.6. The van der Waals surface area contributed by atoms with Crippen LogP contribution in [0, 0.1) is 5.92 Å². The van der Waals surface area contributed by atoms with Crippen LogP contribution in [0.4, 0.5) is 4.79 Å². The van der Waals surface area contributed by atoms with E-state index in [1.54, 1.807) is 0 Å². The third kappa shape index (κ3) is 11.6. The number of rotatable bonds is 9. The van der Waals surface area contributed by atoms with Gasteiger partial charge in [-0.25, -0.2) is 4.79 Å². The highest BCUT2D eigenvalue weighted by Crippen LogP contribution is 2.10. The number of hydrogen-bond acceptors (Lipinski definition) is 3. The lowest BCUT2D eigenvalue weighted by molar-refractivity contribution is 0.0519. The van der Waals surface area contributed by atoms with Crippen LogP contribution in [0.3, 0.4) is 0 Å². The summed E-state index contributed by atoms with van der Waals surface area (Å²) in [5.74, 6) is 0.599. The van der Waals surface area contributed by atoms with E-state index in [1.807, 2.05) is 20.8 Å². The Kier molecular flexibility index (Phi) is 9.67. The molecule has 4 heteroatoms. The number of carbonyl (C=O) groups is 1. The Bertz CT molecular complexity index is 285. The molecule has 0 radical (unpaired) electrons. The number of alkyl carbamates (subject to hydrolysis) is 1. The number of amides is 1. The fourth-order valence-electron chi connectivity index (χ4n) is 2.39. The van der Waals surface area contributed by atoms with Crippen molar-refractivity contribution in [2.24, 2.45) is 5.92 Å². The van der Waals surface area contributed by atoms with E-state index in [0.29, 0.717) is 24.5 Å². The van der Waals surface area contributed by atoms with Crippen molar-refractivity contribution in [3.05, 3.63) is 0 Å². The Morgan fingerprint density at radius 2 is 1.76 bits per heavy atom. The van der Waals surface area contributed by atoms with Crippen molar-refractivity contribution in [3.8, 4) is 0 Å². The molecule has 0 heterocycles. The van der Waals surface area contributed by atoms with Gasteiger partial charge >= 0.3 is 6.09 Å². The monoisotopic (exact) mass is 300 g/mol. The first-order valence-corrected chi connectivity index (χ1v) is 8.40. The zero-order valence-corrected chi connectivity index (χ0v) is 15.1. The Hall–Kier alpha value is -0.770. The molecule has 126 valence electrons. The van der Waals surface area contributed by atoms with E-state index in [2.05, 4.69) is 38.3 Å². The number of nitrogens with one attached hydrogen (secondary N) is 2. The molecule has 0 aliphatic heterocycles. The Labute approximate surface area is 131 Å². The molecule has 4 nitrogen and oxygen atoms in total. The lowest BCUT2D eigenvalue weighted by Gasteiger charge is -2.27. The van der Waals surface area contributed by atoms with Gasteiger partial charge in [-0.3, -0.25) is 0 Å². The van der Waals surface area contributed by atoms with Gasteiger partial charge in [0.15, 0.2) is 0 Å². The Balaban J connectivity index is 4.38. The van der Waals surface area contributed by atoms with Gasteiger partial charge in [0.05, 0.1) is 0 Å². The van der Waals surface area contributed by atoms with Gasteiger partial charge in [-0.05, 0) is 46.0 Å². The average molecular weight is 300 g/mol. The summed E-state index contributed by atoms with van der Waals surface area (Å²) in [6, 6.07) is 0.827. The number of carbonyl (C=O) groups excluding carboxylic acids is 1. The van der Waals surface area contributed by atoms with Crippen LogP contribution in [0.15, 0.2) is 0 Å². The fourth-order valence-corrected chi connectivity index (χ4v) is 2.39. The molecular weight excluding hydrogens is 264 g/mol. The van der Waals surface area contributed by atoms with Crippen molar-refractivity contribution in [2.45, 2.75) is 91.8 Å². The molecule has 21 heavy (non-hydrogen) atoms. The lowest BCUT2D eigenvalue weighted by atomic mass is 10.0. The van der Waals surface area contributed by atoms with Gasteiger partial charge in [-0.15, -0.1) is 0 Å². The van der Waals surface area contributed by atoms with E-state index in [9.17, 15) is 4.79 Å². The van der Waals surface area contributed by atoms with Crippen molar-refractivity contribution in [1.82, 2.24) is 10.6 Å². The van der Waals surface area contributed by atoms with Crippen LogP contribution in [-0.2, 0) is 4.74 Å². The molecule has 2 atom stereocenters. The molecule has 0 rings (SSSR count). The second-order valence-corrected chi connectivity index (χ2v) is 7.27. The van der Waals surface area contributed by atoms with Crippen molar-refractivity contribution in [1.29, 1.82) is 0 Å². The van der Waals surface area contributed by atoms with Crippen LogP contribution in [0.1, 0.15) is 74.1 Å². The van der Waals surface area contributed by atoms with Crippen molar-refractivity contribution < 1.29 is 9.53 Å². The summed E-state index contributed by atoms with van der Waals surface area (Å²) in [7, 11) is 0. The van der Waals surface area contributed by atoms with E-state index in [4.69, 9.17) is 4.74 Å². The van der Waals surface area contributed by atoms with Crippen molar-refractivity contribution in [3.63, 3.8) is 0 Å². The molecular formula is C17H36N2O2. The second kappa shape index (κ2) is 10.0. The molecule has 0 aromatic rings. The molecule has 0 aliphatic rings. The van der Waals surface area contributed by atoms with Crippen LogP contribution in [0.5, 0.6) is 0 Å². The highest BCUT2D eigenvalue weighted by molar-refractivity contribution is 5.67. The van der Waals surface area contributed by atoms with Gasteiger partial charge in [-0.2, -0.15) is 0 Å². The summed E-state index contributed by atoms with van der Waals surface area (Å²) in [6.07, 6.45) is 4.20. The van der Waals surface area contributed by atoms with E-state index in [-0.39, 0.29) is 6.09 Å². The van der Waals surface area contributed by atoms with Gasteiger partial charge in [0, 0.05) is 18.6 Å². The van der Waals surface area contributed by atoms with E-state index < -0.39 is 5.60 Å². The van der Waals surface area contributed by atoms with Crippen LogP contribution < -0.4 is 10.6 Å². The molecule has 2 unspecified atom stereocenters. The normalized spacial score (nSPS) is 14.9. The number of hydrogen-bond donors (Lipinski definition) is 2. The van der Waals surface area contributed by atoms with E-state index in [0.717, 1.165) is 12.8 Å². The minimum absolute atomic E-state index is 0.300. The quantitative estimate of drug-likeness (QED) is 0.674. The maximum Gasteiger partial charge on any atom is 0.407 e. The predicted octanol–water partition coefficient (Wildman–Crippen LogP) is 4.09. The standard InChI is InChI=1S/C17H36N2O2/c1-8-10-14(9-2)19-15(11-13(3)4)12-18-16(20)21-17(5,6)7/h13-15,19H,8-12H2,1-7H3,(H,18,20). The van der Waals surface area contributed by atoms with Crippen molar-refractivity contribution in [2.75, 3.05) is 6.54 Å². The van der Waals surface area contributed by atoms with Gasteiger partial charge in [0.2, 0.25) is 0 Å². The van der Waals surface area contributed by atoms with Crippen LogP contribution >= 0.6 is 0 Å². The molecule has 0 aliphatic carbocycles. The molecule has 1 amide bonds. The zero-order valence-electron chi connectivity index (χ0n) is 15.1. The highest BCUT2D eigenvalue weighted by Gasteiger charge is 2.19. The third-order valence-electron chi connectivity index (χ3n) is 3.25. The summed E-state index contributed by atoms with van der Waals surface area (Å²) in [6.45, 7) is 15.1. The minimum atomic E-state index is -0.445. The first-order chi connectivity index (χ1) is 9.67. The SMILES string of the molecule is CCCC(CC)NC(CNC(=O)OC(C)(C)C)CC(C)C. The fraction of sp³-hybridized carbons (Fsp3) is 0.941. The van der Waals surface area contributed by atoms with Crippen LogP contribution in [-0.4, -0.2) is 30.3 Å². The van der Waals surface area contributed by atoms with Crippen molar-refractivity contribution >= 4 is 6.09 Å². The maximum atomic E-state index is 11.8. The molecule has 0 aromatic heterocycles. The van der Waals surface area contributed by atoms with Crippen LogP contribution in [0.25, 0.3) is 0 Å². The summed E-state index contributed by atoms with van der Waals surface area (Å²) >= 11 is 0. The van der Waals surface area contributed by atoms with E-state index >= 15 is 0 Å². The first-order valence-electron chi connectivity index (χ1n) is 8.40. The summed E-state index contributed by atoms with van der Waals surface area (Å²) in [5, 5.41) is 6.58. The largest absolute Gasteiger partial charge is 0.444 e. The average Bonchev–Trinajstić information content (AvgIpc) is 2.32. The minimum Gasteiger partial charge on any atom is -0.444 e. The molecule has 0 bridgehead atoms. The Morgan fingerprint density at radius 1 is 1.14 bits per heavy atom. The predicted molar refractivity (Wildman–Crippen MR) is 89.6 cm³/mol. The second-order valence-electron chi connectivity index (χ2n) is 7.27. The molecule has 0 fully saturated rings. The van der Waals surface area contributed by atoms with Gasteiger partial charge < -0.3 is 15.4 Å². The first kappa shape index (κ1) is 20.2. The van der Waals surface area contributed by atoms with Crippen LogP contribution in [0.2, 0.25) is 0 Å². The molecule has 0 spiro atoms. The lowest BCUT2D eigenvalue weighted by Crippen LogP contribution is -2.47. The molecule has 0 saturated carbocycles. The summed E-state index contributed by atoms with van der Waals surface area (Å²) < 4.78 is 5.29. The summed E-state index contributed by atoms with van der Waals surface area (Å²) in [5.41, 5.74) is -0.445. The zero-order chi connectivity index (χ0) is 16.5. The van der Waals surface area contributed by atoms with Gasteiger partial charge in [-0.1, -0.05) is 34.1 Å². The maximum absolute atomic E-state index is 11.8. The molecule has 0 aromatic carbocycles. The molecule has 2 N–H and O–H groups in total. The Morgan fingerprint density at radius 3 is 2.19 bits per heavy atom. The van der Waals surface area contributed by atoms with Gasteiger partial charge in [0.25, 0.3) is 0 Å². The van der Waals surface area contributed by atoms with Gasteiger partial charge in [0.1, 0.15) is 5.60 Å².